The van der Waals surface area contributed by atoms with Gasteiger partial charge in [0.2, 0.25) is 0 Å². The van der Waals surface area contributed by atoms with Crippen LogP contribution in [0, 0.1) is 5.92 Å². The van der Waals surface area contributed by atoms with Crippen molar-refractivity contribution in [2.45, 2.75) is 83.5 Å². The summed E-state index contributed by atoms with van der Waals surface area (Å²) in [6, 6.07) is 4.76. The maximum absolute atomic E-state index is 12.1. The topological polar surface area (TPSA) is 35.5 Å². The van der Waals surface area contributed by atoms with Gasteiger partial charge in [0.1, 0.15) is 6.61 Å². The first-order chi connectivity index (χ1) is 14.0. The molecule has 1 fully saturated rings. The van der Waals surface area contributed by atoms with Crippen LogP contribution in [0.4, 0.5) is 0 Å². The summed E-state index contributed by atoms with van der Waals surface area (Å²) >= 11 is 11.9. The van der Waals surface area contributed by atoms with E-state index in [9.17, 15) is 4.79 Å². The fourth-order valence-electron chi connectivity index (χ4n) is 3.57. The highest BCUT2D eigenvalue weighted by molar-refractivity contribution is 6.74. The second kappa shape index (κ2) is 11.2. The Morgan fingerprint density at radius 2 is 1.87 bits per heavy atom. The maximum Gasteiger partial charge on any atom is 0.339 e. The average Bonchev–Trinajstić information content (AvgIpc) is 2.64. The van der Waals surface area contributed by atoms with Crippen molar-refractivity contribution >= 4 is 37.5 Å². The third-order valence-corrected chi connectivity index (χ3v) is 11.5. The van der Waals surface area contributed by atoms with Gasteiger partial charge >= 0.3 is 5.97 Å². The van der Waals surface area contributed by atoms with Gasteiger partial charge in [-0.05, 0) is 67.9 Å². The van der Waals surface area contributed by atoms with Crippen molar-refractivity contribution in [3.8, 4) is 0 Å². The molecule has 1 saturated carbocycles. The molecular weight excluding hydrogens is 435 g/mol. The number of esters is 1. The molecule has 1 aromatic carbocycles. The Kier molecular flexibility index (Phi) is 9.48. The fraction of sp³-hybridized carbons (Fsp3) is 0.625. The normalized spacial score (nSPS) is 20.5. The van der Waals surface area contributed by atoms with Crippen molar-refractivity contribution in [2.24, 2.45) is 5.92 Å². The van der Waals surface area contributed by atoms with Crippen LogP contribution in [0.3, 0.4) is 0 Å². The van der Waals surface area contributed by atoms with Crippen LogP contribution < -0.4 is 0 Å². The Hall–Kier alpha value is -0.813. The molecule has 3 nitrogen and oxygen atoms in total. The Morgan fingerprint density at radius 3 is 2.53 bits per heavy atom. The van der Waals surface area contributed by atoms with E-state index < -0.39 is 14.3 Å². The molecule has 1 aliphatic rings. The van der Waals surface area contributed by atoms with E-state index >= 15 is 0 Å². The lowest BCUT2D eigenvalue weighted by atomic mass is 9.83. The monoisotopic (exact) mass is 470 g/mol. The number of hydrogen-bond donors (Lipinski definition) is 0. The standard InChI is InChI=1S/C24H36Cl2O3Si/c1-24(2,3)30(4,5)29-22-13-9-8-12-18(22)11-7-6-10-16-28-23(27)20-15-14-19(25)17-21(20)26/h6,10,14-15,17-18,22H,7-9,11-13,16H2,1-5H3/b10-6-/t18-,22-/m0/s1. The van der Waals surface area contributed by atoms with Crippen LogP contribution in [0.15, 0.2) is 30.4 Å². The van der Waals surface area contributed by atoms with Gasteiger partial charge in [0.05, 0.1) is 10.6 Å². The van der Waals surface area contributed by atoms with Crippen LogP contribution >= 0.6 is 23.2 Å². The molecule has 0 heterocycles. The Bertz CT molecular complexity index is 740. The Balaban J connectivity index is 1.78. The highest BCUT2D eigenvalue weighted by Crippen LogP contribution is 2.41. The van der Waals surface area contributed by atoms with Crippen molar-refractivity contribution < 1.29 is 14.0 Å². The van der Waals surface area contributed by atoms with E-state index in [1.54, 1.807) is 18.2 Å². The molecule has 1 aliphatic carbocycles. The molecule has 168 valence electrons. The minimum atomic E-state index is -1.74. The molecule has 0 amide bonds. The van der Waals surface area contributed by atoms with Gasteiger partial charge in [-0.1, -0.05) is 69.0 Å². The predicted molar refractivity (Wildman–Crippen MR) is 129 cm³/mol. The smallest absolute Gasteiger partial charge is 0.339 e. The fourth-order valence-corrected chi connectivity index (χ4v) is 5.47. The van der Waals surface area contributed by atoms with Crippen LogP contribution in [0.5, 0.6) is 0 Å². The lowest BCUT2D eigenvalue weighted by Gasteiger charge is -2.43. The van der Waals surface area contributed by atoms with Crippen LogP contribution in [-0.2, 0) is 9.16 Å². The van der Waals surface area contributed by atoms with E-state index in [0.717, 1.165) is 12.8 Å². The molecule has 0 N–H and O–H groups in total. The molecular formula is C24H36Cl2O3Si. The van der Waals surface area contributed by atoms with Crippen molar-refractivity contribution in [2.75, 3.05) is 6.61 Å². The first-order valence-electron chi connectivity index (χ1n) is 11.0. The molecule has 0 radical (unpaired) electrons. The number of halogens is 2. The minimum Gasteiger partial charge on any atom is -0.458 e. The lowest BCUT2D eigenvalue weighted by Crippen LogP contribution is -2.46. The van der Waals surface area contributed by atoms with Gasteiger partial charge in [0, 0.05) is 11.1 Å². The highest BCUT2D eigenvalue weighted by Gasteiger charge is 2.41. The van der Waals surface area contributed by atoms with E-state index in [2.05, 4.69) is 39.9 Å². The summed E-state index contributed by atoms with van der Waals surface area (Å²) < 4.78 is 12.1. The number of carbonyl (C=O) groups excluding carboxylic acids is 1. The number of ether oxygens (including phenoxy) is 1. The van der Waals surface area contributed by atoms with Crippen molar-refractivity contribution in [1.29, 1.82) is 0 Å². The molecule has 0 saturated heterocycles. The zero-order valence-corrected chi connectivity index (χ0v) is 21.5. The number of benzene rings is 1. The summed E-state index contributed by atoms with van der Waals surface area (Å²) in [5.41, 5.74) is 0.335. The first kappa shape index (κ1) is 25.4. The average molecular weight is 472 g/mol. The first-order valence-corrected chi connectivity index (χ1v) is 14.6. The van der Waals surface area contributed by atoms with Crippen LogP contribution in [-0.4, -0.2) is 27.0 Å². The zero-order valence-electron chi connectivity index (χ0n) is 19.0. The quantitative estimate of drug-likeness (QED) is 0.218. The summed E-state index contributed by atoms with van der Waals surface area (Å²) in [6.45, 7) is 11.8. The van der Waals surface area contributed by atoms with E-state index in [0.29, 0.717) is 27.6 Å². The van der Waals surface area contributed by atoms with E-state index in [1.165, 1.54) is 25.7 Å². The number of hydrogen-bond acceptors (Lipinski definition) is 3. The third kappa shape index (κ3) is 7.40. The zero-order chi connectivity index (χ0) is 22.4. The summed E-state index contributed by atoms with van der Waals surface area (Å²) in [5.74, 6) is 0.185. The van der Waals surface area contributed by atoms with Gasteiger partial charge in [-0.2, -0.15) is 0 Å². The summed E-state index contributed by atoms with van der Waals surface area (Å²) in [6.07, 6.45) is 11.5. The van der Waals surface area contributed by atoms with Gasteiger partial charge in [-0.15, -0.1) is 0 Å². The predicted octanol–water partition coefficient (Wildman–Crippen LogP) is 8.07. The molecule has 1 aromatic rings. The van der Waals surface area contributed by atoms with E-state index in [1.807, 2.05) is 6.08 Å². The molecule has 6 heteroatoms. The molecule has 2 atom stereocenters. The third-order valence-electron chi connectivity index (χ3n) is 6.42. The van der Waals surface area contributed by atoms with Crippen molar-refractivity contribution in [3.05, 3.63) is 46.0 Å². The Labute approximate surface area is 193 Å². The lowest BCUT2D eigenvalue weighted by molar-refractivity contribution is 0.0549. The van der Waals surface area contributed by atoms with Crippen molar-refractivity contribution in [1.82, 2.24) is 0 Å². The van der Waals surface area contributed by atoms with Gasteiger partial charge in [-0.3, -0.25) is 0 Å². The molecule has 2 rings (SSSR count). The second-order valence-electron chi connectivity index (χ2n) is 9.73. The second-order valence-corrected chi connectivity index (χ2v) is 15.3. The summed E-state index contributed by atoms with van der Waals surface area (Å²) in [5, 5.41) is 1.04. The molecule has 0 spiro atoms. The molecule has 0 unspecified atom stereocenters. The maximum atomic E-state index is 12.1. The molecule has 30 heavy (non-hydrogen) atoms. The van der Waals surface area contributed by atoms with Crippen LogP contribution in [0.1, 0.15) is 69.7 Å². The number of allylic oxidation sites excluding steroid dienone is 1. The minimum absolute atomic E-state index is 0.242. The SMILES string of the molecule is CC(C)(C)[Si](C)(C)O[C@H]1CCCC[C@@H]1CC/C=C\COC(=O)c1ccc(Cl)cc1Cl. The largest absolute Gasteiger partial charge is 0.458 e. The van der Waals surface area contributed by atoms with Gasteiger partial charge < -0.3 is 9.16 Å². The van der Waals surface area contributed by atoms with Crippen LogP contribution in [0.2, 0.25) is 28.2 Å². The van der Waals surface area contributed by atoms with E-state index in [-0.39, 0.29) is 11.6 Å². The number of rotatable bonds is 8. The van der Waals surface area contributed by atoms with Crippen molar-refractivity contribution in [3.63, 3.8) is 0 Å². The van der Waals surface area contributed by atoms with Crippen LogP contribution in [0.25, 0.3) is 0 Å². The van der Waals surface area contributed by atoms with Gasteiger partial charge in [-0.25, -0.2) is 4.79 Å². The summed E-state index contributed by atoms with van der Waals surface area (Å²) in [7, 11) is -1.74. The number of carbonyl (C=O) groups is 1. The van der Waals surface area contributed by atoms with Gasteiger partial charge in [0.15, 0.2) is 8.32 Å². The summed E-state index contributed by atoms with van der Waals surface area (Å²) in [4.78, 5) is 12.1. The molecule has 0 aromatic heterocycles. The van der Waals surface area contributed by atoms with E-state index in [4.69, 9.17) is 32.4 Å². The Morgan fingerprint density at radius 1 is 1.17 bits per heavy atom. The molecule has 0 aliphatic heterocycles. The van der Waals surface area contributed by atoms with Gasteiger partial charge in [0.25, 0.3) is 0 Å². The molecule has 0 bridgehead atoms. The highest BCUT2D eigenvalue weighted by atomic mass is 35.5.